The monoisotopic (exact) mass is 194 g/mol. The molecule has 1 aromatic heterocycles. The first-order chi connectivity index (χ1) is 6.16. The number of benzene rings is 1. The van der Waals surface area contributed by atoms with Gasteiger partial charge >= 0.3 is 0 Å². The topological polar surface area (TPSA) is 0 Å². The fourth-order valence-corrected chi connectivity index (χ4v) is 2.16. The first kappa shape index (κ1) is 8.70. The van der Waals surface area contributed by atoms with Crippen molar-refractivity contribution >= 4 is 21.4 Å². The average Bonchev–Trinajstić information content (AvgIpc) is 2.42. The van der Waals surface area contributed by atoms with Gasteiger partial charge in [-0.1, -0.05) is 19.9 Å². The molecule has 0 spiro atoms. The molecule has 2 heteroatoms. The molecule has 0 fully saturated rings. The fourth-order valence-electron chi connectivity index (χ4n) is 1.39. The van der Waals surface area contributed by atoms with E-state index in [2.05, 4.69) is 26.0 Å². The van der Waals surface area contributed by atoms with Gasteiger partial charge in [-0.25, -0.2) is 0 Å². The van der Waals surface area contributed by atoms with Crippen LogP contribution in [0.1, 0.15) is 25.3 Å². The Morgan fingerprint density at radius 2 is 2.00 bits per heavy atom. The quantitative estimate of drug-likeness (QED) is 0.639. The van der Waals surface area contributed by atoms with Crippen molar-refractivity contribution in [3.63, 3.8) is 0 Å². The maximum absolute atomic E-state index is 12.9. The lowest BCUT2D eigenvalue weighted by Crippen LogP contribution is -1.84. The Hall–Kier alpha value is -0.890. The third kappa shape index (κ3) is 1.59. The van der Waals surface area contributed by atoms with Crippen LogP contribution in [0.4, 0.5) is 4.39 Å². The molecule has 0 atom stereocenters. The van der Waals surface area contributed by atoms with Crippen LogP contribution in [0.5, 0.6) is 0 Å². The lowest BCUT2D eigenvalue weighted by Gasteiger charge is -2.03. The van der Waals surface area contributed by atoms with Gasteiger partial charge in [0, 0.05) is 4.70 Å². The molecule has 0 aliphatic carbocycles. The molecule has 0 radical (unpaired) electrons. The molecule has 0 amide bonds. The zero-order valence-corrected chi connectivity index (χ0v) is 8.49. The van der Waals surface area contributed by atoms with Gasteiger partial charge in [0.05, 0.1) is 0 Å². The van der Waals surface area contributed by atoms with Crippen LogP contribution in [-0.2, 0) is 0 Å². The van der Waals surface area contributed by atoms with Crippen molar-refractivity contribution in [2.75, 3.05) is 0 Å². The first-order valence-electron chi connectivity index (χ1n) is 4.36. The Morgan fingerprint density at radius 3 is 2.69 bits per heavy atom. The number of fused-ring (bicyclic) bond motifs is 1. The summed E-state index contributed by atoms with van der Waals surface area (Å²) in [5, 5.41) is 0.921. The summed E-state index contributed by atoms with van der Waals surface area (Å²) in [5.74, 6) is 0.507. The maximum Gasteiger partial charge on any atom is 0.177 e. The first-order valence-corrected chi connectivity index (χ1v) is 5.17. The summed E-state index contributed by atoms with van der Waals surface area (Å²) in [6.07, 6.45) is 0. The minimum atomic E-state index is -0.101. The molecule has 0 aliphatic heterocycles. The third-order valence-electron chi connectivity index (χ3n) is 2.18. The van der Waals surface area contributed by atoms with E-state index in [-0.39, 0.29) is 5.13 Å². The summed E-state index contributed by atoms with van der Waals surface area (Å²) in [5.41, 5.74) is 1.27. The molecule has 0 saturated heterocycles. The molecule has 1 heterocycles. The Kier molecular flexibility index (Phi) is 2.08. The van der Waals surface area contributed by atoms with Crippen molar-refractivity contribution < 1.29 is 4.39 Å². The minimum Gasteiger partial charge on any atom is -0.195 e. The largest absolute Gasteiger partial charge is 0.195 e. The van der Waals surface area contributed by atoms with Gasteiger partial charge in [0.25, 0.3) is 0 Å². The van der Waals surface area contributed by atoms with Crippen LogP contribution in [0, 0.1) is 5.13 Å². The lowest BCUT2D eigenvalue weighted by atomic mass is 10.0. The van der Waals surface area contributed by atoms with E-state index >= 15 is 0 Å². The van der Waals surface area contributed by atoms with Gasteiger partial charge in [-0.3, -0.25) is 0 Å². The molecule has 1 aromatic carbocycles. The van der Waals surface area contributed by atoms with E-state index < -0.39 is 0 Å². The predicted octanol–water partition coefficient (Wildman–Crippen LogP) is 4.16. The second-order valence-electron chi connectivity index (χ2n) is 3.50. The van der Waals surface area contributed by atoms with Gasteiger partial charge in [-0.2, -0.15) is 4.39 Å². The van der Waals surface area contributed by atoms with Gasteiger partial charge in [0.1, 0.15) is 0 Å². The highest BCUT2D eigenvalue weighted by Gasteiger charge is 2.03. The second kappa shape index (κ2) is 3.11. The Balaban J connectivity index is 2.61. The zero-order valence-electron chi connectivity index (χ0n) is 7.67. The van der Waals surface area contributed by atoms with Gasteiger partial charge < -0.3 is 0 Å². The Bertz CT molecular complexity index is 429. The van der Waals surface area contributed by atoms with E-state index in [9.17, 15) is 4.39 Å². The Morgan fingerprint density at radius 1 is 1.23 bits per heavy atom. The SMILES string of the molecule is CC(C)c1ccc2sc(F)cc2c1. The van der Waals surface area contributed by atoms with Crippen LogP contribution < -0.4 is 0 Å². The fraction of sp³-hybridized carbons (Fsp3) is 0.273. The van der Waals surface area contributed by atoms with Crippen molar-refractivity contribution in [2.45, 2.75) is 19.8 Å². The van der Waals surface area contributed by atoms with Crippen molar-refractivity contribution in [1.29, 1.82) is 0 Å². The highest BCUT2D eigenvalue weighted by molar-refractivity contribution is 7.17. The normalized spacial score (nSPS) is 11.4. The molecular weight excluding hydrogens is 183 g/mol. The van der Waals surface area contributed by atoms with Gasteiger partial charge in [-0.05, 0) is 35.1 Å². The Labute approximate surface area is 81.0 Å². The number of halogens is 1. The molecule has 2 rings (SSSR count). The van der Waals surface area contributed by atoms with E-state index in [0.29, 0.717) is 5.92 Å². The molecule has 0 bridgehead atoms. The number of hydrogen-bond acceptors (Lipinski definition) is 1. The number of thiophene rings is 1. The van der Waals surface area contributed by atoms with Crippen LogP contribution >= 0.6 is 11.3 Å². The third-order valence-corrected chi connectivity index (χ3v) is 3.08. The highest BCUT2D eigenvalue weighted by atomic mass is 32.1. The summed E-state index contributed by atoms with van der Waals surface area (Å²) >= 11 is 1.21. The molecule has 0 unspecified atom stereocenters. The van der Waals surface area contributed by atoms with Crippen LogP contribution in [0.15, 0.2) is 24.3 Å². The lowest BCUT2D eigenvalue weighted by molar-refractivity contribution is 0.658. The van der Waals surface area contributed by atoms with Crippen LogP contribution in [0.2, 0.25) is 0 Å². The summed E-state index contributed by atoms with van der Waals surface area (Å²) < 4.78 is 13.9. The van der Waals surface area contributed by atoms with Crippen LogP contribution in [-0.4, -0.2) is 0 Å². The molecule has 68 valence electrons. The van der Waals surface area contributed by atoms with E-state index in [1.165, 1.54) is 16.9 Å². The van der Waals surface area contributed by atoms with Gasteiger partial charge in [0.15, 0.2) is 5.13 Å². The van der Waals surface area contributed by atoms with Crippen molar-refractivity contribution in [3.05, 3.63) is 35.0 Å². The van der Waals surface area contributed by atoms with Crippen molar-refractivity contribution in [2.24, 2.45) is 0 Å². The molecule has 0 N–H and O–H groups in total. The highest BCUT2D eigenvalue weighted by Crippen LogP contribution is 2.27. The number of hydrogen-bond donors (Lipinski definition) is 0. The van der Waals surface area contributed by atoms with E-state index in [1.807, 2.05) is 6.07 Å². The number of rotatable bonds is 1. The minimum absolute atomic E-state index is 0.101. The zero-order chi connectivity index (χ0) is 9.42. The smallest absolute Gasteiger partial charge is 0.177 e. The van der Waals surface area contributed by atoms with Crippen molar-refractivity contribution in [1.82, 2.24) is 0 Å². The van der Waals surface area contributed by atoms with Crippen molar-refractivity contribution in [3.8, 4) is 0 Å². The average molecular weight is 194 g/mol. The summed E-state index contributed by atoms with van der Waals surface area (Å²) in [6, 6.07) is 7.74. The molecule has 0 aliphatic rings. The second-order valence-corrected chi connectivity index (χ2v) is 4.54. The summed E-state index contributed by atoms with van der Waals surface area (Å²) in [7, 11) is 0. The van der Waals surface area contributed by atoms with Gasteiger partial charge in [0.2, 0.25) is 0 Å². The summed E-state index contributed by atoms with van der Waals surface area (Å²) in [4.78, 5) is 0. The van der Waals surface area contributed by atoms with Crippen LogP contribution in [0.25, 0.3) is 10.1 Å². The van der Waals surface area contributed by atoms with E-state index in [1.54, 1.807) is 6.07 Å². The van der Waals surface area contributed by atoms with E-state index in [4.69, 9.17) is 0 Å². The van der Waals surface area contributed by atoms with Crippen LogP contribution in [0.3, 0.4) is 0 Å². The molecule has 2 aromatic rings. The predicted molar refractivity (Wildman–Crippen MR) is 55.9 cm³/mol. The molecule has 0 nitrogen and oxygen atoms in total. The molecular formula is C11H11FS. The molecule has 13 heavy (non-hydrogen) atoms. The standard InChI is InChI=1S/C11H11FS/c1-7(2)8-3-4-10-9(5-8)6-11(12)13-10/h3-7H,1-2H3. The molecule has 0 saturated carbocycles. The summed E-state index contributed by atoms with van der Waals surface area (Å²) in [6.45, 7) is 4.29. The van der Waals surface area contributed by atoms with Gasteiger partial charge in [-0.15, -0.1) is 11.3 Å². The van der Waals surface area contributed by atoms with E-state index in [0.717, 1.165) is 10.1 Å². The maximum atomic E-state index is 12.9.